The van der Waals surface area contributed by atoms with Crippen molar-refractivity contribution in [3.05, 3.63) is 36.0 Å². The highest BCUT2D eigenvalue weighted by Crippen LogP contribution is 2.67. The Labute approximate surface area is 174 Å². The highest BCUT2D eigenvalue weighted by Gasteiger charge is 2.58. The number of aliphatic hydroxyl groups is 1. The first kappa shape index (κ1) is 18.2. The molecule has 3 saturated carbocycles. The van der Waals surface area contributed by atoms with E-state index in [4.69, 9.17) is 0 Å². The van der Waals surface area contributed by atoms with Crippen molar-refractivity contribution in [1.82, 2.24) is 10.2 Å². The van der Waals surface area contributed by atoms with Crippen LogP contribution in [0.1, 0.15) is 70.8 Å². The van der Waals surface area contributed by atoms with Crippen LogP contribution >= 0.6 is 0 Å². The lowest BCUT2D eigenvalue weighted by atomic mass is 9.44. The number of rotatable bonds is 1. The van der Waals surface area contributed by atoms with Gasteiger partial charge in [0.2, 0.25) is 0 Å². The van der Waals surface area contributed by atoms with E-state index < -0.39 is 0 Å². The summed E-state index contributed by atoms with van der Waals surface area (Å²) in [6.07, 6.45) is 14.4. The number of aromatic amines is 1. The van der Waals surface area contributed by atoms with Crippen LogP contribution in [0, 0.1) is 34.5 Å². The van der Waals surface area contributed by atoms with Gasteiger partial charge in [0, 0.05) is 5.39 Å². The van der Waals surface area contributed by atoms with Crippen LogP contribution in [0.15, 0.2) is 30.5 Å². The summed E-state index contributed by atoms with van der Waals surface area (Å²) < 4.78 is 0. The summed E-state index contributed by atoms with van der Waals surface area (Å²) in [4.78, 5) is 0. The van der Waals surface area contributed by atoms with E-state index in [1.807, 2.05) is 6.20 Å². The highest BCUT2D eigenvalue weighted by atomic mass is 16.3. The number of hydrogen-bond acceptors (Lipinski definition) is 2. The van der Waals surface area contributed by atoms with Crippen molar-refractivity contribution in [2.45, 2.75) is 71.3 Å². The third kappa shape index (κ3) is 2.49. The summed E-state index contributed by atoms with van der Waals surface area (Å²) in [5.41, 5.74) is 4.90. The van der Waals surface area contributed by atoms with E-state index in [9.17, 15) is 5.11 Å². The molecule has 4 aliphatic carbocycles. The quantitative estimate of drug-likeness (QED) is 0.631. The van der Waals surface area contributed by atoms with E-state index in [2.05, 4.69) is 48.3 Å². The Balaban J connectivity index is 1.32. The Bertz CT molecular complexity index is 976. The molecule has 2 aromatic rings. The van der Waals surface area contributed by atoms with Gasteiger partial charge >= 0.3 is 0 Å². The van der Waals surface area contributed by atoms with Crippen LogP contribution in [0.3, 0.4) is 0 Å². The maximum atomic E-state index is 10.3. The molecule has 1 aromatic carbocycles. The lowest BCUT2D eigenvalue weighted by Crippen LogP contribution is -2.53. The maximum absolute atomic E-state index is 10.3. The van der Waals surface area contributed by atoms with Crippen molar-refractivity contribution in [2.24, 2.45) is 34.5 Å². The monoisotopic (exact) mass is 390 g/mol. The number of hydrogen-bond donors (Lipinski definition) is 2. The number of aliphatic hydroxyl groups excluding tert-OH is 1. The Morgan fingerprint density at radius 1 is 1.07 bits per heavy atom. The molecule has 4 aliphatic rings. The fraction of sp³-hybridized carbons (Fsp3) is 0.654. The number of benzene rings is 1. The SMILES string of the molecule is C[C@]12CC[C@@H](O)C[C@@H]1CC[C@@H]1[C@@H]2CC[C@]2(C)C(c3ccc4[nH]ncc4c3)=CC[C@@H]12. The van der Waals surface area contributed by atoms with Gasteiger partial charge in [0.25, 0.3) is 0 Å². The summed E-state index contributed by atoms with van der Waals surface area (Å²) in [7, 11) is 0. The molecule has 0 radical (unpaired) electrons. The predicted molar refractivity (Wildman–Crippen MR) is 117 cm³/mol. The Morgan fingerprint density at radius 2 is 1.97 bits per heavy atom. The van der Waals surface area contributed by atoms with Crippen LogP contribution in [0.4, 0.5) is 0 Å². The maximum Gasteiger partial charge on any atom is 0.0650 e. The largest absolute Gasteiger partial charge is 0.393 e. The molecular weight excluding hydrogens is 356 g/mol. The van der Waals surface area contributed by atoms with Crippen LogP contribution < -0.4 is 0 Å². The Hall–Kier alpha value is -1.61. The van der Waals surface area contributed by atoms with Gasteiger partial charge in [0.15, 0.2) is 0 Å². The molecule has 0 saturated heterocycles. The average Bonchev–Trinajstić information content (AvgIpc) is 3.31. The molecule has 2 N–H and O–H groups in total. The molecule has 1 heterocycles. The summed E-state index contributed by atoms with van der Waals surface area (Å²) in [5.74, 6) is 3.25. The second kappa shape index (κ2) is 6.20. The zero-order valence-electron chi connectivity index (χ0n) is 17.8. The molecule has 3 nitrogen and oxygen atoms in total. The highest BCUT2D eigenvalue weighted by molar-refractivity contribution is 5.84. The minimum absolute atomic E-state index is 0.0453. The molecule has 1 aromatic heterocycles. The van der Waals surface area contributed by atoms with E-state index in [1.165, 1.54) is 49.5 Å². The summed E-state index contributed by atoms with van der Waals surface area (Å²) >= 11 is 0. The second-order valence-corrected chi connectivity index (χ2v) is 11.1. The third-order valence-corrected chi connectivity index (χ3v) is 9.97. The second-order valence-electron chi connectivity index (χ2n) is 11.1. The van der Waals surface area contributed by atoms with Crippen molar-refractivity contribution < 1.29 is 5.11 Å². The smallest absolute Gasteiger partial charge is 0.0650 e. The van der Waals surface area contributed by atoms with Gasteiger partial charge in [-0.05, 0) is 109 Å². The summed E-state index contributed by atoms with van der Waals surface area (Å²) in [6.45, 7) is 5.14. The third-order valence-electron chi connectivity index (χ3n) is 9.97. The molecule has 0 unspecified atom stereocenters. The molecule has 154 valence electrons. The zero-order chi connectivity index (χ0) is 19.8. The molecular formula is C26H34N2O. The summed E-state index contributed by atoms with van der Waals surface area (Å²) in [6, 6.07) is 6.83. The van der Waals surface area contributed by atoms with Gasteiger partial charge in [-0.2, -0.15) is 5.10 Å². The van der Waals surface area contributed by atoms with Gasteiger partial charge in [0.05, 0.1) is 17.8 Å². The minimum Gasteiger partial charge on any atom is -0.393 e. The Kier molecular flexibility index (Phi) is 3.89. The summed E-state index contributed by atoms with van der Waals surface area (Å²) in [5, 5.41) is 18.8. The van der Waals surface area contributed by atoms with Gasteiger partial charge in [-0.3, -0.25) is 5.10 Å². The molecule has 0 aliphatic heterocycles. The lowest BCUT2D eigenvalue weighted by molar-refractivity contribution is -0.115. The standard InChI is InChI=1S/C26H34N2O/c1-25-11-9-19(29)14-18(25)4-5-20-22-7-6-21(26(22,2)12-10-23(20)25)16-3-8-24-17(13-16)15-27-28-24/h3,6,8,13,15,18-20,22-23,29H,4-5,7,9-12,14H2,1-2H3,(H,27,28)/t18-,19+,20-,22-,23-,25-,26+/m0/s1. The van der Waals surface area contributed by atoms with Crippen molar-refractivity contribution in [3.8, 4) is 0 Å². The van der Waals surface area contributed by atoms with E-state index in [0.29, 0.717) is 10.8 Å². The first-order valence-corrected chi connectivity index (χ1v) is 11.8. The Morgan fingerprint density at radius 3 is 2.86 bits per heavy atom. The van der Waals surface area contributed by atoms with Gasteiger partial charge in [0.1, 0.15) is 0 Å². The fourth-order valence-corrected chi connectivity index (χ4v) is 8.36. The number of H-pyrrole nitrogens is 1. The van der Waals surface area contributed by atoms with Gasteiger partial charge in [-0.15, -0.1) is 0 Å². The number of allylic oxidation sites excluding steroid dienone is 2. The number of aromatic nitrogens is 2. The van der Waals surface area contributed by atoms with Crippen molar-refractivity contribution in [2.75, 3.05) is 0 Å². The van der Waals surface area contributed by atoms with Gasteiger partial charge in [-0.1, -0.05) is 26.0 Å². The fourth-order valence-electron chi connectivity index (χ4n) is 8.36. The van der Waals surface area contributed by atoms with Gasteiger partial charge in [-0.25, -0.2) is 0 Å². The normalized spacial score (nSPS) is 44.1. The van der Waals surface area contributed by atoms with Crippen LogP contribution in [0.25, 0.3) is 16.5 Å². The molecule has 6 rings (SSSR count). The molecule has 29 heavy (non-hydrogen) atoms. The van der Waals surface area contributed by atoms with E-state index in [0.717, 1.165) is 42.0 Å². The molecule has 7 atom stereocenters. The number of nitrogens with one attached hydrogen (secondary N) is 1. The van der Waals surface area contributed by atoms with Crippen molar-refractivity contribution >= 4 is 16.5 Å². The minimum atomic E-state index is -0.0453. The van der Waals surface area contributed by atoms with Crippen LogP contribution in [0.5, 0.6) is 0 Å². The van der Waals surface area contributed by atoms with E-state index in [1.54, 1.807) is 5.57 Å². The predicted octanol–water partition coefficient (Wildman–Crippen LogP) is 5.96. The number of nitrogens with zero attached hydrogens (tertiary/aromatic N) is 1. The van der Waals surface area contributed by atoms with Crippen LogP contribution in [0.2, 0.25) is 0 Å². The van der Waals surface area contributed by atoms with Crippen LogP contribution in [-0.2, 0) is 0 Å². The molecule has 3 heteroatoms. The first-order valence-electron chi connectivity index (χ1n) is 11.8. The first-order chi connectivity index (χ1) is 14.0. The van der Waals surface area contributed by atoms with Crippen LogP contribution in [-0.4, -0.2) is 21.4 Å². The van der Waals surface area contributed by atoms with E-state index >= 15 is 0 Å². The lowest BCUT2D eigenvalue weighted by Gasteiger charge is -2.60. The topological polar surface area (TPSA) is 48.9 Å². The van der Waals surface area contributed by atoms with Gasteiger partial charge < -0.3 is 5.11 Å². The molecule has 3 fully saturated rings. The van der Waals surface area contributed by atoms with Crippen molar-refractivity contribution in [1.29, 1.82) is 0 Å². The zero-order valence-corrected chi connectivity index (χ0v) is 17.8. The molecule has 0 spiro atoms. The van der Waals surface area contributed by atoms with E-state index in [-0.39, 0.29) is 6.10 Å². The average molecular weight is 391 g/mol. The van der Waals surface area contributed by atoms with Crippen molar-refractivity contribution in [3.63, 3.8) is 0 Å². The molecule has 0 bridgehead atoms. The molecule has 0 amide bonds. The number of fused-ring (bicyclic) bond motifs is 6.